The number of fused-ring (bicyclic) bond motifs is 2. The largest absolute Gasteiger partial charge is 0.469 e. The summed E-state index contributed by atoms with van der Waals surface area (Å²) in [5.74, 6) is 3.24. The van der Waals surface area contributed by atoms with Crippen LogP contribution in [0.5, 0.6) is 0 Å². The summed E-state index contributed by atoms with van der Waals surface area (Å²) in [6.07, 6.45) is 9.06. The van der Waals surface area contributed by atoms with Gasteiger partial charge in [0.2, 0.25) is 0 Å². The molecular formula is C18H30O3S. The highest BCUT2D eigenvalue weighted by molar-refractivity contribution is 7.99. The van der Waals surface area contributed by atoms with Crippen molar-refractivity contribution in [2.24, 2.45) is 17.8 Å². The Balaban J connectivity index is 1.77. The molecule has 2 bridgehead atoms. The first-order valence-electron chi connectivity index (χ1n) is 8.88. The van der Waals surface area contributed by atoms with Gasteiger partial charge in [-0.05, 0) is 56.1 Å². The molecule has 0 amide bonds. The zero-order valence-corrected chi connectivity index (χ0v) is 14.8. The van der Waals surface area contributed by atoms with Gasteiger partial charge in [-0.15, -0.1) is 0 Å². The number of ether oxygens (including phenoxy) is 1. The summed E-state index contributed by atoms with van der Waals surface area (Å²) in [4.78, 5) is 23.8. The van der Waals surface area contributed by atoms with E-state index in [-0.39, 0.29) is 5.97 Å². The Morgan fingerprint density at radius 2 is 1.82 bits per heavy atom. The molecule has 0 heterocycles. The molecule has 3 nitrogen and oxygen atoms in total. The Hall–Kier alpha value is -0.510. The fraction of sp³-hybridized carbons (Fsp3) is 0.889. The minimum atomic E-state index is -0.166. The summed E-state index contributed by atoms with van der Waals surface area (Å²) < 4.78 is 4.64. The van der Waals surface area contributed by atoms with E-state index < -0.39 is 0 Å². The molecule has 4 heteroatoms. The third-order valence-corrected chi connectivity index (χ3v) is 6.89. The number of hydrogen-bond acceptors (Lipinski definition) is 4. The van der Waals surface area contributed by atoms with Crippen LogP contribution in [0.2, 0.25) is 0 Å². The first kappa shape index (κ1) is 17.8. The maximum absolute atomic E-state index is 12.7. The van der Waals surface area contributed by atoms with E-state index in [9.17, 15) is 9.59 Å². The van der Waals surface area contributed by atoms with Crippen LogP contribution in [0.25, 0.3) is 0 Å². The predicted octanol–water partition coefficient (Wildman–Crippen LogP) is 4.24. The standard InChI is InChI=1S/C18H30O3S/c1-3-4-11-22-18-14-10-9-13(12-14)17(18)15(19)7-5-6-8-16(20)21-2/h13-14,17-18H,3-12H2,1-2H3. The van der Waals surface area contributed by atoms with E-state index in [1.165, 1.54) is 45.0 Å². The van der Waals surface area contributed by atoms with E-state index in [4.69, 9.17) is 0 Å². The van der Waals surface area contributed by atoms with Crippen LogP contribution >= 0.6 is 11.8 Å². The summed E-state index contributed by atoms with van der Waals surface area (Å²) in [6.45, 7) is 2.23. The Kier molecular flexibility index (Phi) is 7.26. The van der Waals surface area contributed by atoms with Crippen molar-refractivity contribution in [1.82, 2.24) is 0 Å². The van der Waals surface area contributed by atoms with Gasteiger partial charge in [0.05, 0.1) is 7.11 Å². The molecule has 0 aromatic carbocycles. The topological polar surface area (TPSA) is 43.4 Å². The molecule has 4 atom stereocenters. The van der Waals surface area contributed by atoms with E-state index >= 15 is 0 Å². The lowest BCUT2D eigenvalue weighted by molar-refractivity contribution is -0.140. The number of esters is 1. The first-order chi connectivity index (χ1) is 10.7. The van der Waals surface area contributed by atoms with Gasteiger partial charge in [0.15, 0.2) is 0 Å². The zero-order chi connectivity index (χ0) is 15.9. The maximum atomic E-state index is 12.7. The molecule has 2 aliphatic rings. The van der Waals surface area contributed by atoms with E-state index in [1.54, 1.807) is 0 Å². The second-order valence-electron chi connectivity index (χ2n) is 6.80. The van der Waals surface area contributed by atoms with Gasteiger partial charge in [0.1, 0.15) is 5.78 Å². The van der Waals surface area contributed by atoms with Crippen molar-refractivity contribution in [2.75, 3.05) is 12.9 Å². The highest BCUT2D eigenvalue weighted by atomic mass is 32.2. The van der Waals surface area contributed by atoms with Crippen LogP contribution < -0.4 is 0 Å². The van der Waals surface area contributed by atoms with Gasteiger partial charge < -0.3 is 4.74 Å². The molecule has 0 aromatic heterocycles. The van der Waals surface area contributed by atoms with Crippen LogP contribution in [0.4, 0.5) is 0 Å². The number of methoxy groups -OCH3 is 1. The van der Waals surface area contributed by atoms with Crippen molar-refractivity contribution in [2.45, 2.75) is 70.0 Å². The number of carbonyl (C=O) groups is 2. The van der Waals surface area contributed by atoms with Crippen LogP contribution in [-0.2, 0) is 14.3 Å². The molecule has 22 heavy (non-hydrogen) atoms. The first-order valence-corrected chi connectivity index (χ1v) is 9.93. The lowest BCUT2D eigenvalue weighted by Crippen LogP contribution is -2.32. The Morgan fingerprint density at radius 1 is 1.09 bits per heavy atom. The van der Waals surface area contributed by atoms with Gasteiger partial charge in [0, 0.05) is 24.0 Å². The number of hydrogen-bond donors (Lipinski definition) is 0. The molecule has 0 aromatic rings. The van der Waals surface area contributed by atoms with Crippen LogP contribution in [0, 0.1) is 17.8 Å². The molecule has 2 fully saturated rings. The monoisotopic (exact) mass is 326 g/mol. The van der Waals surface area contributed by atoms with Crippen LogP contribution in [-0.4, -0.2) is 29.9 Å². The second kappa shape index (κ2) is 8.95. The molecule has 2 aliphatic carbocycles. The number of unbranched alkanes of at least 4 members (excludes halogenated alkanes) is 2. The predicted molar refractivity (Wildman–Crippen MR) is 91.0 cm³/mol. The molecule has 0 spiro atoms. The SMILES string of the molecule is CCCCSC1C2CCC(C2)C1C(=O)CCCCC(=O)OC. The third kappa shape index (κ3) is 4.50. The highest BCUT2D eigenvalue weighted by Gasteiger charge is 2.50. The molecule has 0 aliphatic heterocycles. The Bertz CT molecular complexity index is 383. The fourth-order valence-electron chi connectivity index (χ4n) is 4.13. The molecule has 2 rings (SSSR count). The van der Waals surface area contributed by atoms with Gasteiger partial charge in [0.25, 0.3) is 0 Å². The molecule has 0 saturated heterocycles. The number of Topliss-reactive ketones (excluding diaryl/α,β-unsaturated/α-hetero) is 1. The molecule has 0 radical (unpaired) electrons. The zero-order valence-electron chi connectivity index (χ0n) is 14.0. The van der Waals surface area contributed by atoms with Gasteiger partial charge in [-0.3, -0.25) is 9.59 Å². The average molecular weight is 327 g/mol. The second-order valence-corrected chi connectivity index (χ2v) is 8.08. The summed E-state index contributed by atoms with van der Waals surface area (Å²) in [7, 11) is 1.42. The van der Waals surface area contributed by atoms with Crippen molar-refractivity contribution >= 4 is 23.5 Å². The van der Waals surface area contributed by atoms with Crippen molar-refractivity contribution in [3.63, 3.8) is 0 Å². The van der Waals surface area contributed by atoms with Crippen molar-refractivity contribution in [3.05, 3.63) is 0 Å². The van der Waals surface area contributed by atoms with Crippen molar-refractivity contribution < 1.29 is 14.3 Å². The van der Waals surface area contributed by atoms with Crippen molar-refractivity contribution in [1.29, 1.82) is 0 Å². The molecule has 2 saturated carbocycles. The minimum absolute atomic E-state index is 0.166. The summed E-state index contributed by atoms with van der Waals surface area (Å²) in [5.41, 5.74) is 0. The summed E-state index contributed by atoms with van der Waals surface area (Å²) in [5, 5.41) is 0.582. The number of ketones is 1. The highest BCUT2D eigenvalue weighted by Crippen LogP contribution is 2.53. The van der Waals surface area contributed by atoms with E-state index in [0.717, 1.165) is 18.8 Å². The third-order valence-electron chi connectivity index (χ3n) is 5.30. The number of thioether (sulfide) groups is 1. The average Bonchev–Trinajstić information content (AvgIpc) is 3.12. The Morgan fingerprint density at radius 3 is 2.55 bits per heavy atom. The van der Waals surface area contributed by atoms with Gasteiger partial charge in [-0.25, -0.2) is 0 Å². The maximum Gasteiger partial charge on any atom is 0.305 e. The van der Waals surface area contributed by atoms with Gasteiger partial charge in [-0.2, -0.15) is 11.8 Å². The molecule has 126 valence electrons. The van der Waals surface area contributed by atoms with Crippen LogP contribution in [0.3, 0.4) is 0 Å². The molecule has 4 unspecified atom stereocenters. The van der Waals surface area contributed by atoms with Gasteiger partial charge in [-0.1, -0.05) is 13.3 Å². The lowest BCUT2D eigenvalue weighted by atomic mass is 9.83. The summed E-state index contributed by atoms with van der Waals surface area (Å²) in [6, 6.07) is 0. The van der Waals surface area contributed by atoms with E-state index in [0.29, 0.717) is 35.7 Å². The molecule has 0 N–H and O–H groups in total. The van der Waals surface area contributed by atoms with Crippen molar-refractivity contribution in [3.8, 4) is 0 Å². The minimum Gasteiger partial charge on any atom is -0.469 e. The quantitative estimate of drug-likeness (QED) is 0.445. The van der Waals surface area contributed by atoms with Crippen LogP contribution in [0.1, 0.15) is 64.7 Å². The van der Waals surface area contributed by atoms with Crippen LogP contribution in [0.15, 0.2) is 0 Å². The van der Waals surface area contributed by atoms with E-state index in [2.05, 4.69) is 23.4 Å². The smallest absolute Gasteiger partial charge is 0.305 e. The van der Waals surface area contributed by atoms with Gasteiger partial charge >= 0.3 is 5.97 Å². The van der Waals surface area contributed by atoms with E-state index in [1.807, 2.05) is 0 Å². The Labute approximate surface area is 138 Å². The normalized spacial score (nSPS) is 29.7. The summed E-state index contributed by atoms with van der Waals surface area (Å²) >= 11 is 2.06. The fourth-order valence-corrected chi connectivity index (χ4v) is 5.95. The number of carbonyl (C=O) groups excluding carboxylic acids is 2. The number of rotatable bonds is 10. The lowest BCUT2D eigenvalue weighted by Gasteiger charge is -2.29. The molecular weight excluding hydrogens is 296 g/mol.